The molecule has 143 heavy (non-hydrogen) atoms. The molecule has 0 aromatic carbocycles. The number of hydrogen-bond acceptors (Lipinski definition) is 26. The van der Waals surface area contributed by atoms with Crippen LogP contribution in [0.5, 0.6) is 0 Å². The Morgan fingerprint density at radius 2 is 0.657 bits per heavy atom. The van der Waals surface area contributed by atoms with E-state index < -0.39 is 0 Å². The molecule has 0 atom stereocenters. The normalized spacial score (nSPS) is 16.8. The van der Waals surface area contributed by atoms with Gasteiger partial charge in [0.1, 0.15) is 23.3 Å². The number of nitrogens with zero attached hydrogens (tertiary/aromatic N) is 22. The van der Waals surface area contributed by atoms with E-state index >= 15 is 0 Å². The third-order valence-electron chi connectivity index (χ3n) is 28.8. The molecule has 22 heterocycles. The van der Waals surface area contributed by atoms with E-state index in [1.807, 2.05) is 61.3 Å². The van der Waals surface area contributed by atoms with Crippen LogP contribution < -0.4 is 22.9 Å². The summed E-state index contributed by atoms with van der Waals surface area (Å²) in [4.78, 5) is 72.9. The molecule has 1 saturated heterocycles. The van der Waals surface area contributed by atoms with Gasteiger partial charge in [-0.05, 0) is 301 Å². The maximum absolute atomic E-state index is 13.3. The van der Waals surface area contributed by atoms with Crippen LogP contribution in [0.2, 0.25) is 0 Å². The van der Waals surface area contributed by atoms with Crippen molar-refractivity contribution >= 4 is 23.0 Å². The Hall–Kier alpha value is -10.8. The quantitative estimate of drug-likeness (QED) is 0.0827. The molecule has 11 aliphatic rings. The minimum atomic E-state index is -0.371. The first-order valence-corrected chi connectivity index (χ1v) is 51.7. The molecule has 0 spiro atoms. The summed E-state index contributed by atoms with van der Waals surface area (Å²) in [5, 5.41) is 0. The van der Waals surface area contributed by atoms with Gasteiger partial charge < -0.3 is 22.9 Å². The second kappa shape index (κ2) is 51.3. The number of rotatable bonds is 12. The van der Waals surface area contributed by atoms with Gasteiger partial charge >= 0.3 is 0 Å². The largest absolute Gasteiger partial charge is 0.398 e. The van der Waals surface area contributed by atoms with E-state index in [0.717, 1.165) is 200 Å². The Labute approximate surface area is 851 Å². The zero-order valence-corrected chi connectivity index (χ0v) is 90.1. The Morgan fingerprint density at radius 1 is 0.273 bits per heavy atom. The van der Waals surface area contributed by atoms with Crippen LogP contribution in [-0.2, 0) is 131 Å². The summed E-state index contributed by atoms with van der Waals surface area (Å²) in [5.41, 5.74) is 53.4. The molecule has 0 radical (unpaired) electrons. The summed E-state index contributed by atoms with van der Waals surface area (Å²) >= 11 is 0. The molecule has 11 aromatic heterocycles. The van der Waals surface area contributed by atoms with Crippen molar-refractivity contribution < 1.29 is 13.2 Å². The molecule has 0 aliphatic carbocycles. The van der Waals surface area contributed by atoms with Crippen molar-refractivity contribution in [3.05, 3.63) is 299 Å². The lowest BCUT2D eigenvalue weighted by atomic mass is 9.91. The molecule has 8 N–H and O–H groups in total. The highest BCUT2D eigenvalue weighted by Gasteiger charge is 2.34. The van der Waals surface area contributed by atoms with Crippen LogP contribution in [0.25, 0.3) is 0 Å². The third kappa shape index (κ3) is 30.9. The number of halogens is 3. The van der Waals surface area contributed by atoms with Crippen LogP contribution in [0, 0.1) is 38.4 Å². The Morgan fingerprint density at radius 3 is 1.15 bits per heavy atom. The Bertz CT molecular complexity index is 5250. The summed E-state index contributed by atoms with van der Waals surface area (Å²) in [7, 11) is 0. The van der Waals surface area contributed by atoms with Crippen molar-refractivity contribution in [1.82, 2.24) is 109 Å². The number of aryl methyl sites for hydroxylation is 3. The molecular formula is C114H163F3N26. The number of hydrogen-bond donors (Lipinski definition) is 4. The van der Waals surface area contributed by atoms with Crippen LogP contribution in [-0.4, -0.2) is 188 Å². The molecule has 11 aliphatic heterocycles. The first kappa shape index (κ1) is 111. The van der Waals surface area contributed by atoms with Crippen molar-refractivity contribution in [3.63, 3.8) is 0 Å². The van der Waals surface area contributed by atoms with Crippen molar-refractivity contribution in [1.29, 1.82) is 0 Å². The van der Waals surface area contributed by atoms with Gasteiger partial charge in [0.25, 0.3) is 0 Å². The number of nitrogen functional groups attached to an aromatic ring is 4. The van der Waals surface area contributed by atoms with Crippen LogP contribution in [0.1, 0.15) is 293 Å². The predicted molar refractivity (Wildman–Crippen MR) is 572 cm³/mol. The molecular weight excluding hydrogens is 1790 g/mol. The van der Waals surface area contributed by atoms with Gasteiger partial charge in [-0.15, -0.1) is 0 Å². The number of nitrogens with two attached hydrogens (primary N) is 4. The van der Waals surface area contributed by atoms with E-state index in [2.05, 4.69) is 324 Å². The van der Waals surface area contributed by atoms with Crippen LogP contribution in [0.15, 0.2) is 147 Å². The zero-order chi connectivity index (χ0) is 103. The number of pyridine rings is 11. The summed E-state index contributed by atoms with van der Waals surface area (Å²) in [6.45, 7) is 76.1. The Kier molecular flexibility index (Phi) is 39.8. The summed E-state index contributed by atoms with van der Waals surface area (Å²) in [6, 6.07) is 35.2. The van der Waals surface area contributed by atoms with Crippen molar-refractivity contribution in [2.75, 3.05) is 36.0 Å². The minimum Gasteiger partial charge on any atom is -0.398 e. The average molecular weight is 1950 g/mol. The highest BCUT2D eigenvalue weighted by Crippen LogP contribution is 2.35. The molecule has 26 nitrogen and oxygen atoms in total. The predicted octanol–water partition coefficient (Wildman–Crippen LogP) is 19.6. The lowest BCUT2D eigenvalue weighted by Crippen LogP contribution is -2.48. The van der Waals surface area contributed by atoms with Crippen LogP contribution in [0.3, 0.4) is 0 Å². The minimum absolute atomic E-state index is 0.117. The highest BCUT2D eigenvalue weighted by molar-refractivity contribution is 5.50. The van der Waals surface area contributed by atoms with Crippen molar-refractivity contribution in [2.24, 2.45) is 0 Å². The van der Waals surface area contributed by atoms with E-state index in [-0.39, 0.29) is 17.6 Å². The standard InChI is InChI=1S/C11H17N3.3C11H16N2.3C10H13FN2.3C10H15N3.C10H14N2/c1-8(2)14-6-10(7-14)9-3-4-11(12)13-5-9;1-8(2)13-6-10-4-9(3)5-12-11(10)7-13;1-8(2)13-6-10-9(3)4-5-12-11(10)7-13;1-8(2)13-6-10-5-4-9(3)12-11(10)7-13;1-7(2)13-5-8-3-9(11)4-12-10(8)6-13;1-7(2)13-5-8-9(11)3-4-12-10(8)6-13;1-7(2)13-5-8-3-4-10(11)12-9(8)6-13;1-7(2)13-5-8-3-9(11)4-12-10(8)6-13;1-7(2)13-5-8-9(11)3-4-12-10(8)6-13;1-7(2)13-5-8-3-4-10(11)12-9(8)6-13;1-8(2)12-6-9-3-4-11-5-10(9)7-12/h3-5,8,10H,6-7H2,1-2H3,(H2,12,13);3*4-5,8H,6-7H2,1-3H3;3*3-4,7H,5-6H2,1-2H3;3-4,7H,5-6,11H2,1-2H3;2*3-4,7H,5-6H2,1-2H3,(H2,11,12);3-5,8H,6-7H2,1-2H3. The monoisotopic (exact) mass is 1950 g/mol. The van der Waals surface area contributed by atoms with E-state index in [9.17, 15) is 13.2 Å². The van der Waals surface area contributed by atoms with Crippen molar-refractivity contribution in [3.8, 4) is 0 Å². The fourth-order valence-corrected chi connectivity index (χ4v) is 18.6. The van der Waals surface area contributed by atoms with Crippen molar-refractivity contribution in [2.45, 2.75) is 376 Å². The molecule has 29 heteroatoms. The number of aromatic nitrogens is 11. The number of anilines is 4. The smallest absolute Gasteiger partial charge is 0.213 e. The fraction of sp³-hybridized carbons (Fsp3) is 0.518. The maximum Gasteiger partial charge on any atom is 0.213 e. The van der Waals surface area contributed by atoms with Gasteiger partial charge in [-0.2, -0.15) is 4.39 Å². The van der Waals surface area contributed by atoms with Gasteiger partial charge in [-0.3, -0.25) is 93.8 Å². The average Bonchev–Trinajstić information content (AvgIpc) is 1.80. The molecule has 0 bridgehead atoms. The van der Waals surface area contributed by atoms with Gasteiger partial charge in [-0.25, -0.2) is 23.7 Å². The molecule has 22 rings (SSSR count). The third-order valence-corrected chi connectivity index (χ3v) is 28.8. The Balaban J connectivity index is 0.000000140. The van der Waals surface area contributed by atoms with E-state index in [4.69, 9.17) is 22.9 Å². The molecule has 770 valence electrons. The number of likely N-dealkylation sites (tertiary alicyclic amines) is 1. The lowest BCUT2D eigenvalue weighted by Gasteiger charge is -2.42. The maximum atomic E-state index is 13.3. The second-order valence-electron chi connectivity index (χ2n) is 42.9. The molecule has 0 unspecified atom stereocenters. The molecule has 0 amide bonds. The molecule has 0 saturated carbocycles. The SMILES string of the molecule is CC(C)N1CC(c2ccc(N)nc2)C1.CC(C)N1Cc2cc(F)cnc2C1.CC(C)N1Cc2cc(N)cnc2C1.CC(C)N1Cc2ccc(F)nc2C1.CC(C)N1Cc2ccc(N)nc2C1.CC(C)N1Cc2ccncc2C1.CC(C)N1Cc2nccc(F)c2C1.CC(C)N1Cc2nccc(N)c2C1.Cc1ccc2c(n1)CN(C(C)C)C2.Cc1ccnc2c1CN(C(C)C)C2.Cc1cnc2c(c1)CN(C(C)C)C2. The first-order valence-electron chi connectivity index (χ1n) is 51.7. The van der Waals surface area contributed by atoms with Gasteiger partial charge in [0.2, 0.25) is 5.95 Å². The van der Waals surface area contributed by atoms with Gasteiger partial charge in [0, 0.05) is 282 Å². The second-order valence-corrected chi connectivity index (χ2v) is 42.9. The number of fused-ring (bicyclic) bond motifs is 10. The summed E-state index contributed by atoms with van der Waals surface area (Å²) < 4.78 is 38.8. The van der Waals surface area contributed by atoms with Gasteiger partial charge in [-0.1, -0.05) is 30.3 Å². The first-order chi connectivity index (χ1) is 68.0. The van der Waals surface area contributed by atoms with E-state index in [1.165, 1.54) is 109 Å². The molecule has 1 fully saturated rings. The van der Waals surface area contributed by atoms with Gasteiger partial charge in [0.05, 0.1) is 69.3 Å². The lowest BCUT2D eigenvalue weighted by molar-refractivity contribution is 0.110. The summed E-state index contributed by atoms with van der Waals surface area (Å²) in [6.07, 6.45) is 16.0. The highest BCUT2D eigenvalue weighted by atomic mass is 19.1. The fourth-order valence-electron chi connectivity index (χ4n) is 18.6. The van der Waals surface area contributed by atoms with E-state index in [0.29, 0.717) is 90.6 Å². The zero-order valence-electron chi connectivity index (χ0n) is 90.1. The van der Waals surface area contributed by atoms with Crippen LogP contribution in [0.4, 0.5) is 36.2 Å². The van der Waals surface area contributed by atoms with Crippen LogP contribution >= 0.6 is 0 Å². The topological polar surface area (TPSA) is 282 Å². The summed E-state index contributed by atoms with van der Waals surface area (Å²) in [5.74, 6) is 1.17. The molecule has 11 aromatic rings. The van der Waals surface area contributed by atoms with E-state index in [1.54, 1.807) is 18.5 Å². The van der Waals surface area contributed by atoms with Gasteiger partial charge in [0.15, 0.2) is 0 Å².